The first-order valence-electron chi connectivity index (χ1n) is 8.06. The Hall–Kier alpha value is -1.79. The maximum absolute atomic E-state index is 11.9. The summed E-state index contributed by atoms with van der Waals surface area (Å²) in [5.41, 5.74) is -0.673. The summed E-state index contributed by atoms with van der Waals surface area (Å²) in [6.45, 7) is 6.18. The van der Waals surface area contributed by atoms with Crippen LogP contribution in [0.1, 0.15) is 66.2 Å². The third-order valence-corrected chi connectivity index (χ3v) is 3.67. The third-order valence-electron chi connectivity index (χ3n) is 3.67. The van der Waals surface area contributed by atoms with Crippen molar-refractivity contribution in [1.82, 2.24) is 5.32 Å². The van der Waals surface area contributed by atoms with E-state index in [9.17, 15) is 14.4 Å². The summed E-state index contributed by atoms with van der Waals surface area (Å²) >= 11 is 0. The first-order chi connectivity index (χ1) is 10.7. The maximum Gasteiger partial charge on any atom is 0.410 e. The number of carbonyl (C=O) groups excluding carboxylic acids is 3. The van der Waals surface area contributed by atoms with Gasteiger partial charge in [-0.3, -0.25) is 9.59 Å². The lowest BCUT2D eigenvalue weighted by molar-refractivity contribution is -0.194. The Labute approximate surface area is 137 Å². The van der Waals surface area contributed by atoms with Crippen LogP contribution in [-0.4, -0.2) is 36.0 Å². The van der Waals surface area contributed by atoms with Crippen LogP contribution in [0.5, 0.6) is 0 Å². The number of hydrogen-bond acceptors (Lipinski definition) is 6. The summed E-state index contributed by atoms with van der Waals surface area (Å²) in [6.07, 6.45) is 3.89. The van der Waals surface area contributed by atoms with Crippen molar-refractivity contribution in [2.75, 3.05) is 6.54 Å². The molecular weight excluding hydrogens is 302 g/mol. The lowest BCUT2D eigenvalue weighted by atomic mass is 9.84. The third kappa shape index (κ3) is 6.88. The summed E-state index contributed by atoms with van der Waals surface area (Å²) in [7, 11) is 0. The summed E-state index contributed by atoms with van der Waals surface area (Å²) in [4.78, 5) is 34.6. The summed E-state index contributed by atoms with van der Waals surface area (Å²) in [5.74, 6) is -2.16. The molecule has 1 fully saturated rings. The fourth-order valence-electron chi connectivity index (χ4n) is 2.68. The van der Waals surface area contributed by atoms with Gasteiger partial charge in [0.05, 0.1) is 6.54 Å². The van der Waals surface area contributed by atoms with Gasteiger partial charge in [-0.05, 0) is 25.7 Å². The van der Waals surface area contributed by atoms with E-state index in [1.54, 1.807) is 6.92 Å². The number of nitrogens with one attached hydrogen (secondary N) is 1. The number of amides is 1. The SMILES string of the molecule is CCC(=O)OC(C)(C)OC(=O)NCC1(OC(C)=O)CCCCC1. The molecule has 0 heterocycles. The highest BCUT2D eigenvalue weighted by Gasteiger charge is 2.36. The maximum atomic E-state index is 11.9. The van der Waals surface area contributed by atoms with Crippen LogP contribution in [0, 0.1) is 0 Å². The molecule has 0 aromatic rings. The summed E-state index contributed by atoms with van der Waals surface area (Å²) < 4.78 is 15.6. The van der Waals surface area contributed by atoms with Crippen molar-refractivity contribution in [3.8, 4) is 0 Å². The largest absolute Gasteiger partial charge is 0.457 e. The Bertz CT molecular complexity index is 440. The number of hydrogen-bond donors (Lipinski definition) is 1. The van der Waals surface area contributed by atoms with Crippen molar-refractivity contribution in [1.29, 1.82) is 0 Å². The van der Waals surface area contributed by atoms with Crippen LogP contribution >= 0.6 is 0 Å². The molecule has 0 aromatic heterocycles. The molecule has 0 spiro atoms. The fourth-order valence-corrected chi connectivity index (χ4v) is 2.68. The quantitative estimate of drug-likeness (QED) is 0.595. The van der Waals surface area contributed by atoms with Gasteiger partial charge in [-0.1, -0.05) is 13.3 Å². The molecule has 1 N–H and O–H groups in total. The Kier molecular flexibility index (Phi) is 6.84. The van der Waals surface area contributed by atoms with E-state index in [4.69, 9.17) is 14.2 Å². The molecule has 0 atom stereocenters. The average molecular weight is 329 g/mol. The van der Waals surface area contributed by atoms with Gasteiger partial charge in [-0.25, -0.2) is 4.79 Å². The number of carbonyl (C=O) groups is 3. The molecule has 0 saturated heterocycles. The Balaban J connectivity index is 2.55. The van der Waals surface area contributed by atoms with Crippen LogP contribution in [0.25, 0.3) is 0 Å². The Morgan fingerprint density at radius 1 is 1.09 bits per heavy atom. The van der Waals surface area contributed by atoms with Gasteiger partial charge in [-0.2, -0.15) is 0 Å². The van der Waals surface area contributed by atoms with Crippen molar-refractivity contribution >= 4 is 18.0 Å². The van der Waals surface area contributed by atoms with E-state index in [1.165, 1.54) is 20.8 Å². The standard InChI is InChI=1S/C16H27NO6/c1-5-13(19)22-15(3,4)23-14(20)17-11-16(21-12(2)18)9-7-6-8-10-16/h5-11H2,1-4H3,(H,17,20). The van der Waals surface area contributed by atoms with Gasteiger partial charge >= 0.3 is 18.0 Å². The molecule has 1 amide bonds. The molecule has 132 valence electrons. The van der Waals surface area contributed by atoms with Gasteiger partial charge < -0.3 is 19.5 Å². The number of rotatable bonds is 6. The Morgan fingerprint density at radius 3 is 2.22 bits per heavy atom. The fraction of sp³-hybridized carbons (Fsp3) is 0.812. The highest BCUT2D eigenvalue weighted by molar-refractivity contribution is 5.71. The second kappa shape index (κ2) is 8.17. The predicted octanol–water partition coefficient (Wildman–Crippen LogP) is 2.67. The van der Waals surface area contributed by atoms with Gasteiger partial charge in [-0.15, -0.1) is 0 Å². The van der Waals surface area contributed by atoms with Crippen LogP contribution < -0.4 is 5.32 Å². The lowest BCUT2D eigenvalue weighted by Crippen LogP contribution is -2.49. The first-order valence-corrected chi connectivity index (χ1v) is 8.06. The minimum absolute atomic E-state index is 0.184. The van der Waals surface area contributed by atoms with E-state index >= 15 is 0 Å². The second-order valence-electron chi connectivity index (χ2n) is 6.31. The van der Waals surface area contributed by atoms with E-state index in [1.807, 2.05) is 0 Å². The van der Waals surface area contributed by atoms with Crippen LogP contribution in [0.2, 0.25) is 0 Å². The highest BCUT2D eigenvalue weighted by atomic mass is 16.7. The van der Waals surface area contributed by atoms with Gasteiger partial charge in [0.15, 0.2) is 0 Å². The predicted molar refractivity (Wildman–Crippen MR) is 82.5 cm³/mol. The molecule has 0 unspecified atom stereocenters. The van der Waals surface area contributed by atoms with Gasteiger partial charge in [0.2, 0.25) is 0 Å². The van der Waals surface area contributed by atoms with Crippen LogP contribution in [0.4, 0.5) is 4.79 Å². The Morgan fingerprint density at radius 2 is 1.70 bits per heavy atom. The average Bonchev–Trinajstić information content (AvgIpc) is 2.44. The van der Waals surface area contributed by atoms with Crippen molar-refractivity contribution < 1.29 is 28.6 Å². The molecule has 0 radical (unpaired) electrons. The molecule has 1 saturated carbocycles. The van der Waals surface area contributed by atoms with Crippen molar-refractivity contribution in [3.05, 3.63) is 0 Å². The summed E-state index contributed by atoms with van der Waals surface area (Å²) in [6, 6.07) is 0. The van der Waals surface area contributed by atoms with Gasteiger partial charge in [0, 0.05) is 27.2 Å². The molecule has 1 aliphatic rings. The number of ether oxygens (including phenoxy) is 3. The minimum atomic E-state index is -1.35. The molecule has 0 aliphatic heterocycles. The van der Waals surface area contributed by atoms with Crippen LogP contribution in [0.3, 0.4) is 0 Å². The van der Waals surface area contributed by atoms with Gasteiger partial charge in [0.1, 0.15) is 5.60 Å². The molecule has 23 heavy (non-hydrogen) atoms. The molecule has 1 aliphatic carbocycles. The lowest BCUT2D eigenvalue weighted by Gasteiger charge is -2.36. The highest BCUT2D eigenvalue weighted by Crippen LogP contribution is 2.31. The van der Waals surface area contributed by atoms with Crippen molar-refractivity contribution in [2.24, 2.45) is 0 Å². The van der Waals surface area contributed by atoms with Crippen LogP contribution in [0.15, 0.2) is 0 Å². The molecule has 1 rings (SSSR count). The minimum Gasteiger partial charge on any atom is -0.457 e. The second-order valence-corrected chi connectivity index (χ2v) is 6.31. The molecule has 0 aromatic carbocycles. The van der Waals surface area contributed by atoms with Crippen molar-refractivity contribution in [2.45, 2.75) is 77.6 Å². The van der Waals surface area contributed by atoms with E-state index in [0.717, 1.165) is 19.3 Å². The van der Waals surface area contributed by atoms with E-state index in [-0.39, 0.29) is 18.9 Å². The smallest absolute Gasteiger partial charge is 0.410 e. The topological polar surface area (TPSA) is 90.9 Å². The zero-order valence-electron chi connectivity index (χ0n) is 14.4. The molecule has 7 heteroatoms. The number of esters is 2. The van der Waals surface area contributed by atoms with Crippen LogP contribution in [-0.2, 0) is 23.8 Å². The number of alkyl carbamates (subject to hydrolysis) is 1. The van der Waals surface area contributed by atoms with E-state index in [2.05, 4.69) is 5.32 Å². The van der Waals surface area contributed by atoms with E-state index in [0.29, 0.717) is 12.8 Å². The normalized spacial score (nSPS) is 17.0. The first kappa shape index (κ1) is 19.3. The van der Waals surface area contributed by atoms with Crippen molar-refractivity contribution in [3.63, 3.8) is 0 Å². The monoisotopic (exact) mass is 329 g/mol. The summed E-state index contributed by atoms with van der Waals surface area (Å²) in [5, 5.41) is 2.62. The molecule has 0 bridgehead atoms. The van der Waals surface area contributed by atoms with Gasteiger partial charge in [0.25, 0.3) is 5.79 Å². The molecule has 7 nitrogen and oxygen atoms in total. The molecular formula is C16H27NO6. The zero-order valence-corrected chi connectivity index (χ0v) is 14.4. The zero-order chi connectivity index (χ0) is 17.5. The van der Waals surface area contributed by atoms with E-state index < -0.39 is 23.5 Å².